The van der Waals surface area contributed by atoms with Crippen molar-refractivity contribution in [3.05, 3.63) is 66.4 Å². The second-order valence-corrected chi connectivity index (χ2v) is 5.01. The first-order valence-corrected chi connectivity index (χ1v) is 6.66. The van der Waals surface area contributed by atoms with Crippen molar-refractivity contribution >= 4 is 22.1 Å². The lowest BCUT2D eigenvalue weighted by Gasteiger charge is -2.03. The van der Waals surface area contributed by atoms with Gasteiger partial charge in [-0.15, -0.1) is 0 Å². The van der Waals surface area contributed by atoms with Crippen LogP contribution in [-0.2, 0) is 0 Å². The van der Waals surface area contributed by atoms with E-state index < -0.39 is 0 Å². The fourth-order valence-electron chi connectivity index (χ4n) is 2.67. The molecular weight excluding hydrogens is 246 g/mol. The zero-order chi connectivity index (χ0) is 13.5. The van der Waals surface area contributed by atoms with Crippen molar-refractivity contribution in [1.82, 2.24) is 4.98 Å². The van der Waals surface area contributed by atoms with E-state index in [4.69, 9.17) is 4.42 Å². The maximum absolute atomic E-state index is 5.97. The van der Waals surface area contributed by atoms with Crippen LogP contribution in [0.3, 0.4) is 0 Å². The van der Waals surface area contributed by atoms with Gasteiger partial charge in [0, 0.05) is 22.5 Å². The highest BCUT2D eigenvalue weighted by atomic mass is 16.3. The van der Waals surface area contributed by atoms with Crippen molar-refractivity contribution in [2.45, 2.75) is 6.92 Å². The Balaban J connectivity index is 2.10. The van der Waals surface area contributed by atoms with Crippen LogP contribution in [0.2, 0.25) is 0 Å². The molecule has 2 aromatic carbocycles. The molecule has 0 aliphatic rings. The molecule has 0 bridgehead atoms. The number of para-hydroxylation sites is 1. The summed E-state index contributed by atoms with van der Waals surface area (Å²) in [5.74, 6) is 0. The van der Waals surface area contributed by atoms with Crippen LogP contribution in [0.25, 0.3) is 33.2 Å². The Morgan fingerprint density at radius 3 is 2.65 bits per heavy atom. The van der Waals surface area contributed by atoms with Crippen molar-refractivity contribution in [2.24, 2.45) is 0 Å². The molecule has 0 N–H and O–H groups in total. The number of hydrogen-bond donors (Lipinski definition) is 0. The van der Waals surface area contributed by atoms with Gasteiger partial charge >= 0.3 is 0 Å². The quantitative estimate of drug-likeness (QED) is 0.483. The molecule has 0 fully saturated rings. The molecule has 0 atom stereocenters. The minimum Gasteiger partial charge on any atom is -0.437 e. The highest BCUT2D eigenvalue weighted by Gasteiger charge is 2.12. The molecule has 0 spiro atoms. The van der Waals surface area contributed by atoms with E-state index >= 15 is 0 Å². The maximum Gasteiger partial charge on any atom is 0.227 e. The molecule has 20 heavy (non-hydrogen) atoms. The largest absolute Gasteiger partial charge is 0.437 e. The summed E-state index contributed by atoms with van der Waals surface area (Å²) < 4.78 is 5.97. The lowest BCUT2D eigenvalue weighted by atomic mass is 10.0. The summed E-state index contributed by atoms with van der Waals surface area (Å²) in [6, 6.07) is 18.7. The standard InChI is InChI=1S/C18H13NO/c1-12-5-2-6-13(11-12)14-7-3-8-15-16-9-4-10-19-18(16)20-17(14)15/h2-11H,1H3. The van der Waals surface area contributed by atoms with E-state index in [1.165, 1.54) is 11.1 Å². The van der Waals surface area contributed by atoms with Crippen molar-refractivity contribution in [1.29, 1.82) is 0 Å². The predicted molar refractivity (Wildman–Crippen MR) is 81.7 cm³/mol. The molecule has 2 nitrogen and oxygen atoms in total. The van der Waals surface area contributed by atoms with E-state index in [0.717, 1.165) is 21.9 Å². The zero-order valence-corrected chi connectivity index (χ0v) is 11.1. The second-order valence-electron chi connectivity index (χ2n) is 5.01. The van der Waals surface area contributed by atoms with Crippen LogP contribution in [-0.4, -0.2) is 4.98 Å². The Morgan fingerprint density at radius 1 is 0.900 bits per heavy atom. The molecule has 0 saturated heterocycles. The molecule has 0 saturated carbocycles. The molecule has 4 rings (SSSR count). The predicted octanol–water partition coefficient (Wildman–Crippen LogP) is 4.96. The minimum atomic E-state index is 0.697. The van der Waals surface area contributed by atoms with Gasteiger partial charge in [-0.05, 0) is 24.6 Å². The number of aromatic nitrogens is 1. The molecule has 2 heteroatoms. The molecule has 0 aliphatic carbocycles. The van der Waals surface area contributed by atoms with Gasteiger partial charge in [-0.25, -0.2) is 4.98 Å². The lowest BCUT2D eigenvalue weighted by molar-refractivity contribution is 0.655. The highest BCUT2D eigenvalue weighted by molar-refractivity contribution is 6.08. The molecule has 0 aliphatic heterocycles. The summed E-state index contributed by atoms with van der Waals surface area (Å²) in [5, 5.41) is 2.18. The summed E-state index contributed by atoms with van der Waals surface area (Å²) in [4.78, 5) is 4.30. The van der Waals surface area contributed by atoms with Crippen molar-refractivity contribution < 1.29 is 4.42 Å². The van der Waals surface area contributed by atoms with Gasteiger partial charge in [0.2, 0.25) is 5.71 Å². The van der Waals surface area contributed by atoms with Crippen LogP contribution in [0.5, 0.6) is 0 Å². The molecule has 0 radical (unpaired) electrons. The summed E-state index contributed by atoms with van der Waals surface area (Å²) >= 11 is 0. The molecule has 2 heterocycles. The van der Waals surface area contributed by atoms with Gasteiger partial charge in [-0.1, -0.05) is 48.0 Å². The Labute approximate surface area is 116 Å². The van der Waals surface area contributed by atoms with E-state index in [1.807, 2.05) is 12.1 Å². The topological polar surface area (TPSA) is 26.0 Å². The van der Waals surface area contributed by atoms with Crippen LogP contribution in [0, 0.1) is 6.92 Å². The Kier molecular flexibility index (Phi) is 2.36. The Morgan fingerprint density at radius 2 is 1.75 bits per heavy atom. The van der Waals surface area contributed by atoms with Gasteiger partial charge in [0.05, 0.1) is 0 Å². The summed E-state index contributed by atoms with van der Waals surface area (Å²) in [7, 11) is 0. The van der Waals surface area contributed by atoms with E-state index in [1.54, 1.807) is 6.20 Å². The minimum absolute atomic E-state index is 0.697. The number of hydrogen-bond acceptors (Lipinski definition) is 2. The van der Waals surface area contributed by atoms with Crippen LogP contribution < -0.4 is 0 Å². The lowest BCUT2D eigenvalue weighted by Crippen LogP contribution is -1.80. The van der Waals surface area contributed by atoms with Gasteiger partial charge < -0.3 is 4.42 Å². The third kappa shape index (κ3) is 1.62. The first-order valence-electron chi connectivity index (χ1n) is 6.66. The molecular formula is C18H13NO. The SMILES string of the molecule is Cc1cccc(-c2cccc3c2oc2ncccc23)c1. The number of nitrogens with zero attached hydrogens (tertiary/aromatic N) is 1. The molecule has 0 unspecified atom stereocenters. The van der Waals surface area contributed by atoms with E-state index in [2.05, 4.69) is 54.4 Å². The average molecular weight is 259 g/mol. The fourth-order valence-corrected chi connectivity index (χ4v) is 2.67. The first-order chi connectivity index (χ1) is 9.83. The second kappa shape index (κ2) is 4.20. The zero-order valence-electron chi connectivity index (χ0n) is 11.1. The molecule has 4 aromatic rings. The third-order valence-electron chi connectivity index (χ3n) is 3.60. The van der Waals surface area contributed by atoms with Gasteiger partial charge in [0.15, 0.2) is 0 Å². The number of fused-ring (bicyclic) bond motifs is 3. The number of rotatable bonds is 1. The van der Waals surface area contributed by atoms with E-state index in [-0.39, 0.29) is 0 Å². The summed E-state index contributed by atoms with van der Waals surface area (Å²) in [5.41, 5.74) is 5.14. The molecule has 0 amide bonds. The monoisotopic (exact) mass is 259 g/mol. The van der Waals surface area contributed by atoms with Crippen molar-refractivity contribution in [2.75, 3.05) is 0 Å². The normalized spacial score (nSPS) is 11.2. The van der Waals surface area contributed by atoms with Crippen molar-refractivity contribution in [3.8, 4) is 11.1 Å². The average Bonchev–Trinajstić information content (AvgIpc) is 2.86. The van der Waals surface area contributed by atoms with E-state index in [0.29, 0.717) is 5.71 Å². The number of aryl methyl sites for hydroxylation is 1. The third-order valence-corrected chi connectivity index (χ3v) is 3.60. The molecule has 2 aromatic heterocycles. The summed E-state index contributed by atoms with van der Waals surface area (Å²) in [6.07, 6.45) is 1.76. The Hall–Kier alpha value is -2.61. The van der Waals surface area contributed by atoms with Gasteiger partial charge in [-0.3, -0.25) is 0 Å². The van der Waals surface area contributed by atoms with Gasteiger partial charge in [0.25, 0.3) is 0 Å². The van der Waals surface area contributed by atoms with Crippen molar-refractivity contribution in [3.63, 3.8) is 0 Å². The fraction of sp³-hybridized carbons (Fsp3) is 0.0556. The van der Waals surface area contributed by atoms with E-state index in [9.17, 15) is 0 Å². The summed E-state index contributed by atoms with van der Waals surface area (Å²) in [6.45, 7) is 2.10. The van der Waals surface area contributed by atoms with Crippen LogP contribution in [0.15, 0.2) is 65.2 Å². The highest BCUT2D eigenvalue weighted by Crippen LogP contribution is 2.34. The van der Waals surface area contributed by atoms with Gasteiger partial charge in [-0.2, -0.15) is 0 Å². The number of benzene rings is 2. The maximum atomic E-state index is 5.97. The van der Waals surface area contributed by atoms with Crippen LogP contribution in [0.1, 0.15) is 5.56 Å². The van der Waals surface area contributed by atoms with Crippen LogP contribution in [0.4, 0.5) is 0 Å². The smallest absolute Gasteiger partial charge is 0.227 e. The molecule has 96 valence electrons. The van der Waals surface area contributed by atoms with Crippen LogP contribution >= 0.6 is 0 Å². The van der Waals surface area contributed by atoms with Gasteiger partial charge in [0.1, 0.15) is 5.58 Å². The first kappa shape index (κ1) is 11.2. The number of furan rings is 1. The Bertz CT molecular complexity index is 921. The number of pyridine rings is 1.